The summed E-state index contributed by atoms with van der Waals surface area (Å²) in [5.74, 6) is -0.766. The maximum absolute atomic E-state index is 13.6. The highest BCUT2D eigenvalue weighted by Crippen LogP contribution is 2.21. The Labute approximate surface area is 157 Å². The van der Waals surface area contributed by atoms with Gasteiger partial charge in [-0.3, -0.25) is 9.78 Å². The second-order valence-corrected chi connectivity index (χ2v) is 6.28. The smallest absolute Gasteiger partial charge is 0.224 e. The lowest BCUT2D eigenvalue weighted by molar-refractivity contribution is 0.111. The highest BCUT2D eigenvalue weighted by molar-refractivity contribution is 5.86. The summed E-state index contributed by atoms with van der Waals surface area (Å²) < 4.78 is 17.2. The molecule has 0 unspecified atom stereocenters. The molecule has 0 saturated carbocycles. The molecule has 0 saturated heterocycles. The summed E-state index contributed by atoms with van der Waals surface area (Å²) in [6.45, 7) is 0.457. The van der Waals surface area contributed by atoms with E-state index in [-0.39, 0.29) is 5.56 Å². The Morgan fingerprint density at radius 1 is 1.21 bits per heavy atom. The zero-order chi connectivity index (χ0) is 19.1. The number of fused-ring (bicyclic) bond motifs is 2. The van der Waals surface area contributed by atoms with Crippen molar-refractivity contribution in [2.45, 2.75) is 6.54 Å². The highest BCUT2D eigenvalue weighted by atomic mass is 19.1. The first-order chi connectivity index (χ1) is 13.7. The van der Waals surface area contributed by atoms with Crippen LogP contribution in [-0.2, 0) is 6.54 Å². The SMILES string of the molecule is O=Cc1cc2cc(Cn3cc(-c4nccn5cncc45)nn3)ccc2nc1F. The van der Waals surface area contributed by atoms with Crippen LogP contribution in [-0.4, -0.2) is 40.6 Å². The van der Waals surface area contributed by atoms with Crippen molar-refractivity contribution in [3.8, 4) is 11.4 Å². The first-order valence-corrected chi connectivity index (χ1v) is 8.43. The van der Waals surface area contributed by atoms with Crippen LogP contribution in [0.25, 0.3) is 27.8 Å². The van der Waals surface area contributed by atoms with E-state index in [1.54, 1.807) is 35.7 Å². The van der Waals surface area contributed by atoms with Gasteiger partial charge in [0.2, 0.25) is 5.95 Å². The van der Waals surface area contributed by atoms with Crippen LogP contribution in [0.2, 0.25) is 0 Å². The number of hydrogen-bond acceptors (Lipinski definition) is 6. The topological polar surface area (TPSA) is 90.9 Å². The molecule has 0 aliphatic rings. The number of benzene rings is 1. The molecule has 136 valence electrons. The number of nitrogens with zero attached hydrogens (tertiary/aromatic N) is 7. The Kier molecular flexibility index (Phi) is 3.64. The van der Waals surface area contributed by atoms with Crippen molar-refractivity contribution in [2.24, 2.45) is 0 Å². The number of halogens is 1. The van der Waals surface area contributed by atoms with E-state index in [0.29, 0.717) is 35.1 Å². The summed E-state index contributed by atoms with van der Waals surface area (Å²) in [4.78, 5) is 23.3. The second-order valence-electron chi connectivity index (χ2n) is 6.28. The fraction of sp³-hybridized carbons (Fsp3) is 0.0526. The Balaban J connectivity index is 1.48. The van der Waals surface area contributed by atoms with E-state index in [1.165, 1.54) is 6.07 Å². The summed E-state index contributed by atoms with van der Waals surface area (Å²) in [6, 6.07) is 6.90. The van der Waals surface area contributed by atoms with Crippen LogP contribution in [0.3, 0.4) is 0 Å². The maximum atomic E-state index is 13.6. The van der Waals surface area contributed by atoms with Crippen molar-refractivity contribution >= 4 is 22.7 Å². The van der Waals surface area contributed by atoms with E-state index in [0.717, 1.165) is 11.1 Å². The predicted molar refractivity (Wildman–Crippen MR) is 98.2 cm³/mol. The molecular weight excluding hydrogens is 361 g/mol. The van der Waals surface area contributed by atoms with Gasteiger partial charge in [0, 0.05) is 17.8 Å². The van der Waals surface area contributed by atoms with Crippen LogP contribution >= 0.6 is 0 Å². The minimum absolute atomic E-state index is 0.0623. The molecule has 28 heavy (non-hydrogen) atoms. The third kappa shape index (κ3) is 2.69. The lowest BCUT2D eigenvalue weighted by atomic mass is 10.1. The molecule has 0 atom stereocenters. The standard InChI is InChI=1S/C19H12FN7O/c20-19-14(10-28)6-13-5-12(1-2-15(13)23-19)8-27-9-16(24-25-27)18-17-7-21-11-26(17)4-3-22-18/h1-7,9-11H,8H2. The van der Waals surface area contributed by atoms with Gasteiger partial charge < -0.3 is 4.40 Å². The molecule has 0 N–H and O–H groups in total. The number of pyridine rings is 1. The van der Waals surface area contributed by atoms with Gasteiger partial charge in [-0.15, -0.1) is 5.10 Å². The normalized spacial score (nSPS) is 11.3. The summed E-state index contributed by atoms with van der Waals surface area (Å²) in [6.07, 6.45) is 9.19. The largest absolute Gasteiger partial charge is 0.303 e. The van der Waals surface area contributed by atoms with Crippen LogP contribution in [0, 0.1) is 5.95 Å². The van der Waals surface area contributed by atoms with Crippen molar-refractivity contribution in [3.63, 3.8) is 0 Å². The van der Waals surface area contributed by atoms with E-state index < -0.39 is 5.95 Å². The van der Waals surface area contributed by atoms with Gasteiger partial charge in [0.25, 0.3) is 0 Å². The van der Waals surface area contributed by atoms with Gasteiger partial charge in [-0.25, -0.2) is 14.6 Å². The van der Waals surface area contributed by atoms with E-state index in [2.05, 4.69) is 25.3 Å². The van der Waals surface area contributed by atoms with E-state index in [4.69, 9.17) is 0 Å². The number of hydrogen-bond donors (Lipinski definition) is 0. The molecule has 0 fully saturated rings. The number of carbonyl (C=O) groups is 1. The van der Waals surface area contributed by atoms with Crippen molar-refractivity contribution in [2.75, 3.05) is 0 Å². The van der Waals surface area contributed by atoms with Gasteiger partial charge in [-0.2, -0.15) is 4.39 Å². The fourth-order valence-electron chi connectivity index (χ4n) is 3.12. The molecule has 0 radical (unpaired) electrons. The Bertz CT molecular complexity index is 1340. The van der Waals surface area contributed by atoms with Crippen LogP contribution in [0.5, 0.6) is 0 Å². The molecule has 4 aromatic heterocycles. The molecule has 5 rings (SSSR count). The molecule has 1 aromatic carbocycles. The monoisotopic (exact) mass is 373 g/mol. The first-order valence-electron chi connectivity index (χ1n) is 8.43. The molecule has 0 bridgehead atoms. The molecule has 0 spiro atoms. The molecule has 9 heteroatoms. The second kappa shape index (κ2) is 6.31. The highest BCUT2D eigenvalue weighted by Gasteiger charge is 2.11. The van der Waals surface area contributed by atoms with Crippen molar-refractivity contribution in [1.29, 1.82) is 0 Å². The average molecular weight is 373 g/mol. The van der Waals surface area contributed by atoms with Crippen molar-refractivity contribution < 1.29 is 9.18 Å². The third-order valence-electron chi connectivity index (χ3n) is 4.45. The lowest BCUT2D eigenvalue weighted by Crippen LogP contribution is -2.01. The fourth-order valence-corrected chi connectivity index (χ4v) is 3.12. The van der Waals surface area contributed by atoms with Gasteiger partial charge in [-0.1, -0.05) is 11.3 Å². The average Bonchev–Trinajstić information content (AvgIpc) is 3.37. The number of carbonyl (C=O) groups excluding carboxylic acids is 1. The summed E-state index contributed by atoms with van der Waals surface area (Å²) in [5.41, 5.74) is 3.52. The number of aromatic nitrogens is 7. The van der Waals surface area contributed by atoms with Gasteiger partial charge in [0.1, 0.15) is 11.4 Å². The Morgan fingerprint density at radius 3 is 3.04 bits per heavy atom. The Hall–Kier alpha value is -4.01. The van der Waals surface area contributed by atoms with Crippen LogP contribution in [0.1, 0.15) is 15.9 Å². The number of aldehydes is 1. The van der Waals surface area contributed by atoms with E-state index >= 15 is 0 Å². The zero-order valence-corrected chi connectivity index (χ0v) is 14.4. The van der Waals surface area contributed by atoms with Crippen molar-refractivity contribution in [1.82, 2.24) is 34.3 Å². The summed E-state index contributed by atoms with van der Waals surface area (Å²) >= 11 is 0. The van der Waals surface area contributed by atoms with Crippen molar-refractivity contribution in [3.05, 3.63) is 72.5 Å². The molecule has 8 nitrogen and oxygen atoms in total. The minimum atomic E-state index is -0.766. The molecule has 5 aromatic rings. The summed E-state index contributed by atoms with van der Waals surface area (Å²) in [5, 5.41) is 9.07. The first kappa shape index (κ1) is 16.2. The molecule has 0 aliphatic heterocycles. The summed E-state index contributed by atoms with van der Waals surface area (Å²) in [7, 11) is 0. The number of rotatable bonds is 4. The zero-order valence-electron chi connectivity index (χ0n) is 14.4. The van der Waals surface area contributed by atoms with Crippen LogP contribution < -0.4 is 0 Å². The van der Waals surface area contributed by atoms with Gasteiger partial charge in [0.15, 0.2) is 6.29 Å². The maximum Gasteiger partial charge on any atom is 0.224 e. The lowest BCUT2D eigenvalue weighted by Gasteiger charge is -2.04. The third-order valence-corrected chi connectivity index (χ3v) is 4.45. The van der Waals surface area contributed by atoms with E-state index in [9.17, 15) is 9.18 Å². The Morgan fingerprint density at radius 2 is 2.14 bits per heavy atom. The molecule has 0 aliphatic carbocycles. The van der Waals surface area contributed by atoms with E-state index in [1.807, 2.05) is 22.7 Å². The van der Waals surface area contributed by atoms with Crippen LogP contribution in [0.15, 0.2) is 55.4 Å². The predicted octanol–water partition coefficient (Wildman–Crippen LogP) is 2.54. The van der Waals surface area contributed by atoms with Gasteiger partial charge in [-0.05, 0) is 23.8 Å². The molecule has 4 heterocycles. The van der Waals surface area contributed by atoms with Gasteiger partial charge >= 0.3 is 0 Å². The number of imidazole rings is 1. The molecule has 0 amide bonds. The quantitative estimate of drug-likeness (QED) is 0.355. The molecular formula is C19H12FN7O. The minimum Gasteiger partial charge on any atom is -0.303 e. The van der Waals surface area contributed by atoms with Gasteiger partial charge in [0.05, 0.1) is 41.9 Å². The van der Waals surface area contributed by atoms with Crippen LogP contribution in [0.4, 0.5) is 4.39 Å².